The average Bonchev–Trinajstić information content (AvgIpc) is 2.38. The van der Waals surface area contributed by atoms with E-state index in [-0.39, 0.29) is 12.4 Å². The van der Waals surface area contributed by atoms with Gasteiger partial charge in [-0.3, -0.25) is 4.79 Å². The zero-order valence-corrected chi connectivity index (χ0v) is 9.72. The van der Waals surface area contributed by atoms with E-state index in [4.69, 9.17) is 4.74 Å². The second kappa shape index (κ2) is 5.30. The van der Waals surface area contributed by atoms with Crippen molar-refractivity contribution in [2.24, 2.45) is 0 Å². The second-order valence-corrected chi connectivity index (χ2v) is 3.88. The predicted octanol–water partition coefficient (Wildman–Crippen LogP) is 3.32. The maximum absolute atomic E-state index is 10.8. The summed E-state index contributed by atoms with van der Waals surface area (Å²) in [6.07, 6.45) is 0. The molecule has 0 fully saturated rings. The molecule has 0 saturated heterocycles. The summed E-state index contributed by atoms with van der Waals surface area (Å²) in [5, 5.41) is 0. The van der Waals surface area contributed by atoms with Crippen LogP contribution in [0.1, 0.15) is 6.92 Å². The van der Waals surface area contributed by atoms with E-state index in [0.717, 1.165) is 16.9 Å². The van der Waals surface area contributed by atoms with Gasteiger partial charge in [0.2, 0.25) is 0 Å². The third-order valence-electron chi connectivity index (χ3n) is 2.38. The summed E-state index contributed by atoms with van der Waals surface area (Å²) < 4.78 is 5.38. The van der Waals surface area contributed by atoms with Crippen LogP contribution in [0.15, 0.2) is 54.6 Å². The summed E-state index contributed by atoms with van der Waals surface area (Å²) in [5.74, 6) is 0.747. The Balaban J connectivity index is 2.20. The number of carbonyl (C=O) groups excluding carboxylic acids is 1. The highest BCUT2D eigenvalue weighted by molar-refractivity contribution is 5.77. The third kappa shape index (κ3) is 3.18. The lowest BCUT2D eigenvalue weighted by Gasteiger charge is -2.06. The van der Waals surface area contributed by atoms with Gasteiger partial charge in [-0.05, 0) is 30.2 Å². The first-order valence-corrected chi connectivity index (χ1v) is 5.53. The molecule has 0 saturated carbocycles. The zero-order valence-electron chi connectivity index (χ0n) is 9.72. The topological polar surface area (TPSA) is 26.3 Å². The number of hydrogen-bond acceptors (Lipinski definition) is 2. The van der Waals surface area contributed by atoms with E-state index >= 15 is 0 Å². The smallest absolute Gasteiger partial charge is 0.167 e. The van der Waals surface area contributed by atoms with Crippen molar-refractivity contribution in [3.8, 4) is 16.9 Å². The van der Waals surface area contributed by atoms with Crippen molar-refractivity contribution in [3.63, 3.8) is 0 Å². The lowest BCUT2D eigenvalue weighted by atomic mass is 10.1. The summed E-state index contributed by atoms with van der Waals surface area (Å²) in [6.45, 7) is 1.64. The summed E-state index contributed by atoms with van der Waals surface area (Å²) >= 11 is 0. The lowest BCUT2D eigenvalue weighted by Crippen LogP contribution is -2.06. The lowest BCUT2D eigenvalue weighted by molar-refractivity contribution is -0.118. The van der Waals surface area contributed by atoms with E-state index in [9.17, 15) is 4.79 Å². The molecule has 2 heteroatoms. The molecule has 0 aliphatic rings. The number of Topliss-reactive ketones (excluding diaryl/α,β-unsaturated/α-hetero) is 1. The minimum atomic E-state index is 0.0233. The van der Waals surface area contributed by atoms with Crippen molar-refractivity contribution in [2.75, 3.05) is 6.61 Å². The SMILES string of the molecule is CC(=O)COc1cccc(-c2ccccc2)c1. The Morgan fingerprint density at radius 3 is 2.41 bits per heavy atom. The third-order valence-corrected chi connectivity index (χ3v) is 2.38. The molecule has 2 nitrogen and oxygen atoms in total. The molecule has 0 atom stereocenters. The van der Waals surface area contributed by atoms with Crippen LogP contribution in [0.3, 0.4) is 0 Å². The Bertz CT molecular complexity index is 503. The molecular formula is C15H14O2. The summed E-state index contributed by atoms with van der Waals surface area (Å²) in [5.41, 5.74) is 2.23. The van der Waals surface area contributed by atoms with Crippen LogP contribution in [0, 0.1) is 0 Å². The zero-order chi connectivity index (χ0) is 12.1. The second-order valence-electron chi connectivity index (χ2n) is 3.88. The summed E-state index contributed by atoms with van der Waals surface area (Å²) in [6, 6.07) is 17.8. The van der Waals surface area contributed by atoms with Crippen molar-refractivity contribution in [2.45, 2.75) is 6.92 Å². The van der Waals surface area contributed by atoms with Gasteiger partial charge in [0, 0.05) is 0 Å². The van der Waals surface area contributed by atoms with Gasteiger partial charge in [0.25, 0.3) is 0 Å². The molecular weight excluding hydrogens is 212 g/mol. The van der Waals surface area contributed by atoms with Gasteiger partial charge in [0.05, 0.1) is 0 Å². The van der Waals surface area contributed by atoms with Crippen LogP contribution in [-0.2, 0) is 4.79 Å². The van der Waals surface area contributed by atoms with Gasteiger partial charge in [-0.2, -0.15) is 0 Å². The number of benzene rings is 2. The van der Waals surface area contributed by atoms with Crippen LogP contribution >= 0.6 is 0 Å². The fourth-order valence-corrected chi connectivity index (χ4v) is 1.58. The van der Waals surface area contributed by atoms with Gasteiger partial charge in [-0.1, -0.05) is 42.5 Å². The minimum Gasteiger partial charge on any atom is -0.486 e. The molecule has 0 aliphatic carbocycles. The van der Waals surface area contributed by atoms with Gasteiger partial charge in [0.1, 0.15) is 12.4 Å². The van der Waals surface area contributed by atoms with E-state index < -0.39 is 0 Å². The molecule has 17 heavy (non-hydrogen) atoms. The summed E-state index contributed by atoms with van der Waals surface area (Å²) in [7, 11) is 0. The van der Waals surface area contributed by atoms with E-state index in [0.29, 0.717) is 0 Å². The van der Waals surface area contributed by atoms with E-state index in [2.05, 4.69) is 0 Å². The maximum atomic E-state index is 10.8. The molecule has 0 unspecified atom stereocenters. The number of rotatable bonds is 4. The van der Waals surface area contributed by atoms with Gasteiger partial charge in [-0.15, -0.1) is 0 Å². The van der Waals surface area contributed by atoms with Crippen LogP contribution in [0.25, 0.3) is 11.1 Å². The predicted molar refractivity (Wildman–Crippen MR) is 68.1 cm³/mol. The van der Waals surface area contributed by atoms with Crippen molar-refractivity contribution in [1.29, 1.82) is 0 Å². The number of hydrogen-bond donors (Lipinski definition) is 0. The van der Waals surface area contributed by atoms with Gasteiger partial charge < -0.3 is 4.74 Å². The number of carbonyl (C=O) groups is 1. The molecule has 0 bridgehead atoms. The van der Waals surface area contributed by atoms with Crippen LogP contribution in [-0.4, -0.2) is 12.4 Å². The van der Waals surface area contributed by atoms with Gasteiger partial charge >= 0.3 is 0 Å². The molecule has 0 aliphatic heterocycles. The fraction of sp³-hybridized carbons (Fsp3) is 0.133. The van der Waals surface area contributed by atoms with Crippen LogP contribution in [0.4, 0.5) is 0 Å². The summed E-state index contributed by atoms with van der Waals surface area (Å²) in [4.78, 5) is 10.8. The van der Waals surface area contributed by atoms with Crippen molar-refractivity contribution < 1.29 is 9.53 Å². The van der Waals surface area contributed by atoms with Crippen molar-refractivity contribution in [1.82, 2.24) is 0 Å². The average molecular weight is 226 g/mol. The van der Waals surface area contributed by atoms with Gasteiger partial charge in [-0.25, -0.2) is 0 Å². The highest BCUT2D eigenvalue weighted by Gasteiger charge is 2.00. The highest BCUT2D eigenvalue weighted by Crippen LogP contribution is 2.23. The minimum absolute atomic E-state index is 0.0233. The van der Waals surface area contributed by atoms with Crippen molar-refractivity contribution >= 4 is 5.78 Å². The normalized spacial score (nSPS) is 9.94. The molecule has 2 aromatic carbocycles. The van der Waals surface area contributed by atoms with E-state index in [1.807, 2.05) is 54.6 Å². The molecule has 0 aromatic heterocycles. The maximum Gasteiger partial charge on any atom is 0.167 e. The monoisotopic (exact) mass is 226 g/mol. The molecule has 86 valence electrons. The number of ketones is 1. The molecule has 0 N–H and O–H groups in total. The first-order chi connectivity index (χ1) is 8.25. The first kappa shape index (κ1) is 11.4. The first-order valence-electron chi connectivity index (χ1n) is 5.53. The molecule has 0 amide bonds. The Labute approximate surface area is 101 Å². The Morgan fingerprint density at radius 1 is 1.00 bits per heavy atom. The Kier molecular flexibility index (Phi) is 3.55. The molecule has 0 spiro atoms. The number of ether oxygens (including phenoxy) is 1. The molecule has 2 aromatic rings. The van der Waals surface area contributed by atoms with E-state index in [1.54, 1.807) is 0 Å². The van der Waals surface area contributed by atoms with Gasteiger partial charge in [0.15, 0.2) is 5.78 Å². The molecule has 0 radical (unpaired) electrons. The Hall–Kier alpha value is -2.09. The fourth-order valence-electron chi connectivity index (χ4n) is 1.58. The molecule has 2 rings (SSSR count). The quantitative estimate of drug-likeness (QED) is 0.799. The van der Waals surface area contributed by atoms with Crippen molar-refractivity contribution in [3.05, 3.63) is 54.6 Å². The Morgan fingerprint density at radius 2 is 1.71 bits per heavy atom. The molecule has 0 heterocycles. The highest BCUT2D eigenvalue weighted by atomic mass is 16.5. The van der Waals surface area contributed by atoms with E-state index in [1.165, 1.54) is 6.92 Å². The van der Waals surface area contributed by atoms with Crippen LogP contribution in [0.2, 0.25) is 0 Å². The van der Waals surface area contributed by atoms with Crippen LogP contribution < -0.4 is 4.74 Å². The standard InChI is InChI=1S/C15H14O2/c1-12(16)11-17-15-9-5-8-14(10-15)13-6-3-2-4-7-13/h2-10H,11H2,1H3. The van der Waals surface area contributed by atoms with Crippen LogP contribution in [0.5, 0.6) is 5.75 Å². The largest absolute Gasteiger partial charge is 0.486 e.